The molecule has 0 saturated carbocycles. The van der Waals surface area contributed by atoms with Gasteiger partial charge >= 0.3 is 5.97 Å². The van der Waals surface area contributed by atoms with Crippen molar-refractivity contribution in [3.8, 4) is 0 Å². The number of unbranched alkanes of at least 4 members (excludes halogenated alkanes) is 66. The van der Waals surface area contributed by atoms with Crippen LogP contribution in [0.4, 0.5) is 0 Å². The first-order valence-corrected chi connectivity index (χ1v) is 42.8. The van der Waals surface area contributed by atoms with Crippen LogP contribution in [0.5, 0.6) is 0 Å². The lowest BCUT2D eigenvalue weighted by atomic mass is 10.0. The second-order valence-electron chi connectivity index (χ2n) is 29.5. The molecule has 0 bridgehead atoms. The van der Waals surface area contributed by atoms with Gasteiger partial charge in [0.15, 0.2) is 0 Å². The van der Waals surface area contributed by atoms with Gasteiger partial charge in [0, 0.05) is 12.8 Å². The highest BCUT2D eigenvalue weighted by Crippen LogP contribution is 2.20. The van der Waals surface area contributed by atoms with Crippen LogP contribution in [0.2, 0.25) is 0 Å². The van der Waals surface area contributed by atoms with Gasteiger partial charge in [-0.3, -0.25) is 9.59 Å². The number of rotatable bonds is 81. The number of amides is 1. The van der Waals surface area contributed by atoms with Gasteiger partial charge in [0.2, 0.25) is 5.91 Å². The summed E-state index contributed by atoms with van der Waals surface area (Å²) < 4.78 is 5.52. The van der Waals surface area contributed by atoms with Crippen LogP contribution >= 0.6 is 0 Å². The van der Waals surface area contributed by atoms with Crippen molar-refractivity contribution in [2.75, 3.05) is 13.2 Å². The molecule has 0 spiro atoms. The lowest BCUT2D eigenvalue weighted by Crippen LogP contribution is -2.45. The number of aliphatic hydroxyl groups is 2. The first-order valence-electron chi connectivity index (χ1n) is 42.8. The van der Waals surface area contributed by atoms with Crippen molar-refractivity contribution >= 4 is 11.9 Å². The van der Waals surface area contributed by atoms with Crippen molar-refractivity contribution < 1.29 is 24.5 Å². The van der Waals surface area contributed by atoms with Crippen molar-refractivity contribution in [3.05, 3.63) is 36.5 Å². The van der Waals surface area contributed by atoms with Crippen LogP contribution in [-0.2, 0) is 14.3 Å². The monoisotopic (exact) mass is 1310 g/mol. The third kappa shape index (κ3) is 79.0. The summed E-state index contributed by atoms with van der Waals surface area (Å²) in [4.78, 5) is 24.7. The van der Waals surface area contributed by atoms with Crippen LogP contribution in [-0.4, -0.2) is 47.4 Å². The van der Waals surface area contributed by atoms with Gasteiger partial charge in [-0.25, -0.2) is 0 Å². The Hall–Kier alpha value is -1.92. The third-order valence-electron chi connectivity index (χ3n) is 20.2. The number of allylic oxidation sites excluding steroid dienone is 5. The van der Waals surface area contributed by atoms with E-state index >= 15 is 0 Å². The highest BCUT2D eigenvalue weighted by atomic mass is 16.5. The normalized spacial score (nSPS) is 12.6. The average molecular weight is 1310 g/mol. The van der Waals surface area contributed by atoms with E-state index in [2.05, 4.69) is 43.5 Å². The van der Waals surface area contributed by atoms with Gasteiger partial charge in [-0.15, -0.1) is 0 Å². The lowest BCUT2D eigenvalue weighted by molar-refractivity contribution is -0.143. The zero-order valence-electron chi connectivity index (χ0n) is 63.3. The van der Waals surface area contributed by atoms with E-state index in [1.807, 2.05) is 6.08 Å². The Morgan fingerprint density at radius 1 is 0.301 bits per heavy atom. The molecule has 1 amide bonds. The topological polar surface area (TPSA) is 95.9 Å². The molecule has 0 aliphatic carbocycles. The fourth-order valence-corrected chi connectivity index (χ4v) is 13.7. The smallest absolute Gasteiger partial charge is 0.305 e. The van der Waals surface area contributed by atoms with E-state index in [9.17, 15) is 19.8 Å². The quantitative estimate of drug-likeness (QED) is 0.0320. The maximum absolute atomic E-state index is 12.6. The fraction of sp³-hybridized carbons (Fsp3) is 0.908. The van der Waals surface area contributed by atoms with E-state index in [0.717, 1.165) is 44.9 Å². The van der Waals surface area contributed by atoms with E-state index in [-0.39, 0.29) is 18.5 Å². The Balaban J connectivity index is 3.39. The maximum atomic E-state index is 12.6. The van der Waals surface area contributed by atoms with Gasteiger partial charge in [-0.2, -0.15) is 0 Å². The summed E-state index contributed by atoms with van der Waals surface area (Å²) in [5, 5.41) is 23.3. The zero-order valence-corrected chi connectivity index (χ0v) is 63.3. The number of carbonyl (C=O) groups is 2. The molecule has 6 heteroatoms. The number of aliphatic hydroxyl groups excluding tert-OH is 2. The van der Waals surface area contributed by atoms with Crippen LogP contribution in [0.15, 0.2) is 36.5 Å². The van der Waals surface area contributed by atoms with Crippen LogP contribution < -0.4 is 5.32 Å². The summed E-state index contributed by atoms with van der Waals surface area (Å²) >= 11 is 0. The molecule has 0 fully saturated rings. The Morgan fingerprint density at radius 2 is 0.538 bits per heavy atom. The predicted octanol–water partition coefficient (Wildman–Crippen LogP) is 28.6. The van der Waals surface area contributed by atoms with E-state index in [4.69, 9.17) is 4.74 Å². The number of hydrogen-bond acceptors (Lipinski definition) is 5. The van der Waals surface area contributed by atoms with E-state index in [1.54, 1.807) is 6.08 Å². The fourth-order valence-electron chi connectivity index (χ4n) is 13.7. The van der Waals surface area contributed by atoms with Gasteiger partial charge in [0.05, 0.1) is 25.4 Å². The molecule has 0 aromatic carbocycles. The molecule has 550 valence electrons. The largest absolute Gasteiger partial charge is 0.466 e. The molecule has 0 aromatic rings. The molecule has 0 radical (unpaired) electrons. The average Bonchev–Trinajstić information content (AvgIpc) is 3.78. The number of carbonyl (C=O) groups excluding carboxylic acids is 2. The Morgan fingerprint density at radius 3 is 0.817 bits per heavy atom. The number of esters is 1. The number of nitrogens with one attached hydrogen (secondary N) is 1. The summed E-state index contributed by atoms with van der Waals surface area (Å²) in [7, 11) is 0. The third-order valence-corrected chi connectivity index (χ3v) is 20.2. The van der Waals surface area contributed by atoms with E-state index in [0.29, 0.717) is 19.4 Å². The summed E-state index contributed by atoms with van der Waals surface area (Å²) in [5.41, 5.74) is 0. The molecule has 3 N–H and O–H groups in total. The van der Waals surface area contributed by atoms with Crippen molar-refractivity contribution in [2.24, 2.45) is 0 Å². The van der Waals surface area contributed by atoms with Gasteiger partial charge in [-0.1, -0.05) is 442 Å². The minimum Gasteiger partial charge on any atom is -0.466 e. The molecule has 0 aliphatic heterocycles. The molecule has 2 unspecified atom stereocenters. The van der Waals surface area contributed by atoms with Crippen molar-refractivity contribution in [1.82, 2.24) is 5.32 Å². The second kappa shape index (κ2) is 82.5. The van der Waals surface area contributed by atoms with Crippen LogP contribution in [0, 0.1) is 0 Å². The maximum Gasteiger partial charge on any atom is 0.305 e. The van der Waals surface area contributed by atoms with Gasteiger partial charge in [0.1, 0.15) is 0 Å². The molecule has 0 saturated heterocycles. The molecule has 2 atom stereocenters. The molecule has 6 nitrogen and oxygen atoms in total. The van der Waals surface area contributed by atoms with E-state index in [1.165, 1.54) is 411 Å². The molecule has 0 aromatic heterocycles. The lowest BCUT2D eigenvalue weighted by Gasteiger charge is -2.20. The minimum absolute atomic E-state index is 0.0198. The van der Waals surface area contributed by atoms with Gasteiger partial charge < -0.3 is 20.3 Å². The van der Waals surface area contributed by atoms with Crippen LogP contribution in [0.25, 0.3) is 0 Å². The van der Waals surface area contributed by atoms with Crippen molar-refractivity contribution in [1.29, 1.82) is 0 Å². The summed E-state index contributed by atoms with van der Waals surface area (Å²) in [6.07, 6.45) is 109. The summed E-state index contributed by atoms with van der Waals surface area (Å²) in [5.74, 6) is -0.0410. The number of ether oxygens (including phenoxy) is 1. The molecule has 0 heterocycles. The molecule has 93 heavy (non-hydrogen) atoms. The second-order valence-corrected chi connectivity index (χ2v) is 29.5. The Labute approximate surface area is 583 Å². The van der Waals surface area contributed by atoms with E-state index < -0.39 is 12.1 Å². The zero-order chi connectivity index (χ0) is 67.0. The van der Waals surface area contributed by atoms with Crippen molar-refractivity contribution in [2.45, 2.75) is 495 Å². The highest BCUT2D eigenvalue weighted by molar-refractivity contribution is 5.76. The minimum atomic E-state index is -0.845. The van der Waals surface area contributed by atoms with Crippen LogP contribution in [0.1, 0.15) is 483 Å². The van der Waals surface area contributed by atoms with Crippen molar-refractivity contribution in [3.63, 3.8) is 0 Å². The summed E-state index contributed by atoms with van der Waals surface area (Å²) in [6.45, 7) is 4.96. The Bertz CT molecular complexity index is 1510. The summed E-state index contributed by atoms with van der Waals surface area (Å²) in [6, 6.07) is -0.628. The molecular formula is C87H167NO5. The first-order chi connectivity index (χ1) is 46.0. The van der Waals surface area contributed by atoms with Crippen LogP contribution in [0.3, 0.4) is 0 Å². The standard InChI is InChI=1S/C87H167NO5/c1-3-5-7-9-11-13-15-17-19-21-23-24-25-37-40-44-47-51-55-59-63-67-71-75-79-85(90)84(83-89)88-86(91)80-76-72-68-64-60-56-52-48-45-41-38-35-33-31-29-27-26-28-30-32-34-36-39-42-46-50-54-58-62-66-70-74-78-82-93-87(92)81-77-73-69-65-61-57-53-49-43-22-20-18-16-14-12-10-8-6-4-2/h30,32,36,39,75,79,84-85,89-90H,3-29,31,33-35,37-38,40-74,76-78,80-83H2,1-2H3,(H,88,91)/b32-30-,39-36-,79-75+. The number of hydrogen-bond donors (Lipinski definition) is 3. The first kappa shape index (κ1) is 91.1. The Kier molecular flexibility index (Phi) is 80.8. The highest BCUT2D eigenvalue weighted by Gasteiger charge is 2.18. The molecule has 0 rings (SSSR count). The molecule has 0 aliphatic rings. The predicted molar refractivity (Wildman–Crippen MR) is 412 cm³/mol. The SMILES string of the molecule is CCCCCCCCCCCCCCCCCCCCCCCC/C=C/C(O)C(CO)NC(=O)CCCCCCCCCCCCCCCCCCC/C=C\C/C=C\CCCCCCCCCCCOC(=O)CCCCCCCCCCCCCCCCCCCCC. The van der Waals surface area contributed by atoms with Gasteiger partial charge in [0.25, 0.3) is 0 Å². The molecular weight excluding hydrogens is 1140 g/mol. The van der Waals surface area contributed by atoms with Gasteiger partial charge in [-0.05, 0) is 64.2 Å².